The van der Waals surface area contributed by atoms with Crippen molar-refractivity contribution in [1.82, 2.24) is 28.5 Å². The number of hydrogen-bond acceptors (Lipinski definition) is 5. The molecule has 0 unspecified atom stereocenters. The first-order chi connectivity index (χ1) is 20.5. The van der Waals surface area contributed by atoms with Gasteiger partial charge in [-0.2, -0.15) is 0 Å². The predicted molar refractivity (Wildman–Crippen MR) is 167 cm³/mol. The zero-order valence-electron chi connectivity index (χ0n) is 24.4. The van der Waals surface area contributed by atoms with E-state index in [1.165, 1.54) is 25.8 Å². The van der Waals surface area contributed by atoms with Gasteiger partial charge in [-0.1, -0.05) is 91.0 Å². The molecule has 0 bridgehead atoms. The summed E-state index contributed by atoms with van der Waals surface area (Å²) in [5.74, 6) is 0.840. The summed E-state index contributed by atoms with van der Waals surface area (Å²) in [5, 5.41) is 0. The lowest BCUT2D eigenvalue weighted by molar-refractivity contribution is 0.102. The molecule has 216 valence electrons. The average molecular weight is 563 g/mol. The molecule has 6 rings (SSSR count). The number of imidazole rings is 1. The first kappa shape index (κ1) is 27.9. The molecule has 0 N–H and O–H groups in total. The second-order valence-corrected chi connectivity index (χ2v) is 11.2. The van der Waals surface area contributed by atoms with Crippen LogP contribution in [0.5, 0.6) is 0 Å². The van der Waals surface area contributed by atoms with E-state index in [-0.39, 0.29) is 17.3 Å². The largest absolute Gasteiger partial charge is 0.332 e. The van der Waals surface area contributed by atoms with Gasteiger partial charge in [-0.05, 0) is 29.5 Å². The normalized spacial score (nSPS) is 14.6. The Morgan fingerprint density at radius 1 is 0.738 bits per heavy atom. The number of rotatable bonds is 9. The van der Waals surface area contributed by atoms with Crippen molar-refractivity contribution in [2.24, 2.45) is 14.1 Å². The fourth-order valence-corrected chi connectivity index (χ4v) is 6.20. The third-order valence-electron chi connectivity index (χ3n) is 8.48. The van der Waals surface area contributed by atoms with Crippen LogP contribution in [0.4, 0.5) is 0 Å². The molecule has 42 heavy (non-hydrogen) atoms. The molecule has 3 heterocycles. The van der Waals surface area contributed by atoms with E-state index in [9.17, 15) is 9.59 Å². The molecule has 0 atom stereocenters. The summed E-state index contributed by atoms with van der Waals surface area (Å²) in [6.45, 7) is 4.91. The van der Waals surface area contributed by atoms with Crippen molar-refractivity contribution in [2.45, 2.75) is 32.0 Å². The molecule has 1 fully saturated rings. The van der Waals surface area contributed by atoms with Crippen LogP contribution < -0.4 is 11.2 Å². The molecule has 1 aliphatic rings. The first-order valence-corrected chi connectivity index (χ1v) is 14.8. The average Bonchev–Trinajstić information content (AvgIpc) is 3.39. The van der Waals surface area contributed by atoms with Crippen LogP contribution in [0.1, 0.15) is 35.0 Å². The van der Waals surface area contributed by atoms with Crippen molar-refractivity contribution < 1.29 is 0 Å². The second kappa shape index (κ2) is 12.3. The summed E-state index contributed by atoms with van der Waals surface area (Å²) in [5.41, 5.74) is 4.20. The van der Waals surface area contributed by atoms with Gasteiger partial charge in [-0.15, -0.1) is 0 Å². The van der Waals surface area contributed by atoms with Gasteiger partial charge in [0.05, 0.1) is 12.6 Å². The second-order valence-electron chi connectivity index (χ2n) is 11.2. The van der Waals surface area contributed by atoms with Crippen LogP contribution in [0.25, 0.3) is 11.2 Å². The number of piperazine rings is 1. The molecule has 0 spiro atoms. The Morgan fingerprint density at radius 2 is 1.31 bits per heavy atom. The van der Waals surface area contributed by atoms with Crippen LogP contribution in [0.15, 0.2) is 101 Å². The molecule has 0 radical (unpaired) electrons. The fourth-order valence-electron chi connectivity index (χ4n) is 6.20. The molecule has 2 aromatic heterocycles. The fraction of sp³-hybridized carbons (Fsp3) is 0.324. The lowest BCUT2D eigenvalue weighted by Crippen LogP contribution is -2.47. The summed E-state index contributed by atoms with van der Waals surface area (Å²) in [7, 11) is 3.24. The highest BCUT2D eigenvalue weighted by Crippen LogP contribution is 2.29. The van der Waals surface area contributed by atoms with Crippen LogP contribution in [-0.4, -0.2) is 54.7 Å². The van der Waals surface area contributed by atoms with Crippen molar-refractivity contribution >= 4 is 11.2 Å². The maximum absolute atomic E-state index is 13.3. The number of hydrogen-bond donors (Lipinski definition) is 0. The van der Waals surface area contributed by atoms with Gasteiger partial charge in [0.15, 0.2) is 11.2 Å². The summed E-state index contributed by atoms with van der Waals surface area (Å²) in [6.07, 6.45) is 1.78. The van der Waals surface area contributed by atoms with E-state index in [1.54, 1.807) is 14.1 Å². The SMILES string of the molecule is Cn1c(=O)c2c(nc(CN3CCN(C(c4ccccc4)c4ccccc4)CC3)n2CCCc2ccccc2)n(C)c1=O. The van der Waals surface area contributed by atoms with Crippen molar-refractivity contribution in [3.63, 3.8) is 0 Å². The number of fused-ring (bicyclic) bond motifs is 1. The Kier molecular flexibility index (Phi) is 8.17. The first-order valence-electron chi connectivity index (χ1n) is 14.8. The Balaban J connectivity index is 1.24. The predicted octanol–water partition coefficient (Wildman–Crippen LogP) is 3.97. The van der Waals surface area contributed by atoms with E-state index in [0.717, 1.165) is 44.8 Å². The highest BCUT2D eigenvalue weighted by Gasteiger charge is 2.28. The van der Waals surface area contributed by atoms with Crippen LogP contribution in [0, 0.1) is 0 Å². The Morgan fingerprint density at radius 3 is 1.90 bits per heavy atom. The van der Waals surface area contributed by atoms with Crippen molar-refractivity contribution in [2.75, 3.05) is 26.2 Å². The van der Waals surface area contributed by atoms with Crippen LogP contribution in [0.3, 0.4) is 0 Å². The van der Waals surface area contributed by atoms with E-state index in [1.807, 2.05) is 6.07 Å². The summed E-state index contributed by atoms with van der Waals surface area (Å²) in [6, 6.07) is 32.0. The molecule has 1 aliphatic heterocycles. The Hall–Kier alpha value is -4.27. The quantitative estimate of drug-likeness (QED) is 0.272. The lowest BCUT2D eigenvalue weighted by atomic mass is 9.96. The summed E-state index contributed by atoms with van der Waals surface area (Å²) in [4.78, 5) is 35.9. The van der Waals surface area contributed by atoms with Gasteiger partial charge in [0, 0.05) is 46.8 Å². The van der Waals surface area contributed by atoms with Gasteiger partial charge in [0.1, 0.15) is 5.82 Å². The smallest absolute Gasteiger partial charge is 0.321 e. The van der Waals surface area contributed by atoms with E-state index in [2.05, 4.69) is 99.3 Å². The number of benzene rings is 3. The Labute approximate surface area is 246 Å². The van der Waals surface area contributed by atoms with Gasteiger partial charge in [0.2, 0.25) is 0 Å². The van der Waals surface area contributed by atoms with E-state index in [0.29, 0.717) is 24.3 Å². The van der Waals surface area contributed by atoms with E-state index in [4.69, 9.17) is 4.98 Å². The maximum atomic E-state index is 13.3. The molecule has 5 aromatic rings. The van der Waals surface area contributed by atoms with Gasteiger partial charge in [0.25, 0.3) is 5.56 Å². The topological polar surface area (TPSA) is 68.3 Å². The highest BCUT2D eigenvalue weighted by atomic mass is 16.2. The molecule has 0 aliphatic carbocycles. The molecule has 0 amide bonds. The number of aryl methyl sites for hydroxylation is 3. The standard InChI is InChI=1S/C34H38N6O2/c1-36-32-31(33(41)37(2)34(36)42)40(20-12-15-26-13-6-3-7-14-26)29(35-32)25-38-21-23-39(24-22-38)30(27-16-8-4-9-17-27)28-18-10-5-11-19-28/h3-11,13-14,16-19,30H,12,15,20-25H2,1-2H3. The van der Waals surface area contributed by atoms with E-state index >= 15 is 0 Å². The van der Waals surface area contributed by atoms with Crippen molar-refractivity contribution in [3.05, 3.63) is 134 Å². The molecule has 8 heteroatoms. The Bertz CT molecular complexity index is 1710. The number of aromatic nitrogens is 4. The van der Waals surface area contributed by atoms with Gasteiger partial charge >= 0.3 is 5.69 Å². The summed E-state index contributed by atoms with van der Waals surface area (Å²) < 4.78 is 4.74. The molecule has 8 nitrogen and oxygen atoms in total. The van der Waals surface area contributed by atoms with Crippen LogP contribution in [-0.2, 0) is 33.6 Å². The minimum atomic E-state index is -0.352. The van der Waals surface area contributed by atoms with Crippen molar-refractivity contribution in [3.8, 4) is 0 Å². The van der Waals surface area contributed by atoms with Gasteiger partial charge in [-0.3, -0.25) is 23.7 Å². The zero-order valence-corrected chi connectivity index (χ0v) is 24.4. The third-order valence-corrected chi connectivity index (χ3v) is 8.48. The molecular formula is C34H38N6O2. The molecule has 3 aromatic carbocycles. The van der Waals surface area contributed by atoms with Crippen molar-refractivity contribution in [1.29, 1.82) is 0 Å². The molecular weight excluding hydrogens is 524 g/mol. The molecule has 1 saturated heterocycles. The summed E-state index contributed by atoms with van der Waals surface area (Å²) >= 11 is 0. The maximum Gasteiger partial charge on any atom is 0.332 e. The zero-order chi connectivity index (χ0) is 29.1. The number of nitrogens with zero attached hydrogens (tertiary/aromatic N) is 6. The van der Waals surface area contributed by atoms with Crippen LogP contribution >= 0.6 is 0 Å². The minimum Gasteiger partial charge on any atom is -0.321 e. The minimum absolute atomic E-state index is 0.203. The monoisotopic (exact) mass is 562 g/mol. The van der Waals surface area contributed by atoms with Gasteiger partial charge < -0.3 is 4.57 Å². The highest BCUT2D eigenvalue weighted by molar-refractivity contribution is 5.71. The lowest BCUT2D eigenvalue weighted by Gasteiger charge is -2.39. The van der Waals surface area contributed by atoms with Crippen LogP contribution in [0.2, 0.25) is 0 Å². The third kappa shape index (κ3) is 5.60. The van der Waals surface area contributed by atoms with Gasteiger partial charge in [-0.25, -0.2) is 9.78 Å². The van der Waals surface area contributed by atoms with E-state index < -0.39 is 0 Å². The molecule has 0 saturated carbocycles.